The number of aryl methyl sites for hydroxylation is 2. The average molecular weight is 358 g/mol. The van der Waals surface area contributed by atoms with Crippen LogP contribution in [0.4, 0.5) is 0 Å². The Kier molecular flexibility index (Phi) is 6.49. The Balaban J connectivity index is 2.06. The number of rotatable bonds is 7. The van der Waals surface area contributed by atoms with E-state index >= 15 is 0 Å². The molecule has 7 nitrogen and oxygen atoms in total. The number of likely N-dealkylation sites (N-methyl/N-ethyl adjacent to an activating group) is 1. The molecule has 0 unspecified atom stereocenters. The zero-order valence-electron chi connectivity index (χ0n) is 15.8. The Hall–Kier alpha value is -2.70. The molecule has 1 N–H and O–H groups in total. The Bertz CT molecular complexity index is 857. The van der Waals surface area contributed by atoms with E-state index in [2.05, 4.69) is 10.3 Å². The number of nitrogens with one attached hydrogen (secondary N) is 1. The molecule has 2 rings (SSSR count). The summed E-state index contributed by atoms with van der Waals surface area (Å²) in [6.45, 7) is 8.17. The minimum atomic E-state index is -0.185. The van der Waals surface area contributed by atoms with Gasteiger partial charge in [0, 0.05) is 25.6 Å². The Morgan fingerprint density at radius 1 is 1.31 bits per heavy atom. The molecule has 0 saturated heterocycles. The summed E-state index contributed by atoms with van der Waals surface area (Å²) in [5, 5.41) is 3.32. The third-order valence-electron chi connectivity index (χ3n) is 4.14. The van der Waals surface area contributed by atoms with Crippen LogP contribution >= 0.6 is 0 Å². The van der Waals surface area contributed by atoms with Crippen molar-refractivity contribution < 1.29 is 9.59 Å². The van der Waals surface area contributed by atoms with Crippen molar-refractivity contribution in [1.29, 1.82) is 0 Å². The maximum atomic E-state index is 12.6. The van der Waals surface area contributed by atoms with Crippen molar-refractivity contribution in [1.82, 2.24) is 19.8 Å². The molecule has 2 amide bonds. The highest BCUT2D eigenvalue weighted by molar-refractivity contribution is 5.85. The SMILES string of the molecule is CCN(CC(=O)NC(C)C)C(=O)CCn1cnc2c(C)cccc2c1=O. The van der Waals surface area contributed by atoms with Gasteiger partial charge in [0.05, 0.1) is 23.8 Å². The van der Waals surface area contributed by atoms with E-state index in [1.807, 2.05) is 39.8 Å². The molecule has 1 aromatic heterocycles. The molecular formula is C19H26N4O3. The van der Waals surface area contributed by atoms with Gasteiger partial charge in [-0.2, -0.15) is 0 Å². The first-order chi connectivity index (χ1) is 12.3. The lowest BCUT2D eigenvalue weighted by Gasteiger charge is -2.21. The fourth-order valence-corrected chi connectivity index (χ4v) is 2.79. The van der Waals surface area contributed by atoms with Crippen molar-refractivity contribution in [3.63, 3.8) is 0 Å². The molecule has 0 radical (unpaired) electrons. The molecule has 0 fully saturated rings. The predicted octanol–water partition coefficient (Wildman–Crippen LogP) is 1.47. The fraction of sp³-hybridized carbons (Fsp3) is 0.474. The van der Waals surface area contributed by atoms with E-state index in [0.717, 1.165) is 5.56 Å². The van der Waals surface area contributed by atoms with Gasteiger partial charge >= 0.3 is 0 Å². The normalized spacial score (nSPS) is 11.0. The summed E-state index contributed by atoms with van der Waals surface area (Å²) in [5.74, 6) is -0.349. The lowest BCUT2D eigenvalue weighted by Crippen LogP contribution is -2.43. The molecule has 7 heteroatoms. The highest BCUT2D eigenvalue weighted by atomic mass is 16.2. The first kappa shape index (κ1) is 19.6. The minimum absolute atomic E-state index is 0.0254. The van der Waals surface area contributed by atoms with E-state index in [0.29, 0.717) is 17.4 Å². The Labute approximate surface area is 153 Å². The van der Waals surface area contributed by atoms with Crippen LogP contribution in [0.3, 0.4) is 0 Å². The first-order valence-electron chi connectivity index (χ1n) is 8.85. The fourth-order valence-electron chi connectivity index (χ4n) is 2.79. The molecule has 0 atom stereocenters. The number of hydrogen-bond donors (Lipinski definition) is 1. The molecule has 1 aromatic carbocycles. The lowest BCUT2D eigenvalue weighted by molar-refractivity contribution is -0.136. The first-order valence-corrected chi connectivity index (χ1v) is 8.85. The molecule has 0 saturated carbocycles. The third-order valence-corrected chi connectivity index (χ3v) is 4.14. The van der Waals surface area contributed by atoms with Gasteiger partial charge in [-0.25, -0.2) is 4.98 Å². The number of hydrogen-bond acceptors (Lipinski definition) is 4. The number of fused-ring (bicyclic) bond motifs is 1. The third kappa shape index (κ3) is 4.68. The number of benzene rings is 1. The summed E-state index contributed by atoms with van der Waals surface area (Å²) in [7, 11) is 0. The van der Waals surface area contributed by atoms with Crippen molar-refractivity contribution in [2.24, 2.45) is 0 Å². The second kappa shape index (κ2) is 8.60. The van der Waals surface area contributed by atoms with Crippen molar-refractivity contribution in [3.05, 3.63) is 40.4 Å². The minimum Gasteiger partial charge on any atom is -0.352 e. The highest BCUT2D eigenvalue weighted by Crippen LogP contribution is 2.11. The summed E-state index contributed by atoms with van der Waals surface area (Å²) in [4.78, 5) is 42.7. The maximum Gasteiger partial charge on any atom is 0.261 e. The van der Waals surface area contributed by atoms with Crippen LogP contribution in [0.2, 0.25) is 0 Å². The van der Waals surface area contributed by atoms with Gasteiger partial charge < -0.3 is 10.2 Å². The largest absolute Gasteiger partial charge is 0.352 e. The topological polar surface area (TPSA) is 84.3 Å². The molecule has 2 aromatic rings. The lowest BCUT2D eigenvalue weighted by atomic mass is 10.1. The molecule has 0 aliphatic carbocycles. The van der Waals surface area contributed by atoms with Gasteiger partial charge in [0.25, 0.3) is 5.56 Å². The summed E-state index contributed by atoms with van der Waals surface area (Å²) >= 11 is 0. The summed E-state index contributed by atoms with van der Waals surface area (Å²) < 4.78 is 1.45. The van der Waals surface area contributed by atoms with Crippen molar-refractivity contribution in [2.45, 2.75) is 46.7 Å². The zero-order valence-corrected chi connectivity index (χ0v) is 15.8. The summed E-state index contributed by atoms with van der Waals surface area (Å²) in [6.07, 6.45) is 1.62. The second-order valence-corrected chi connectivity index (χ2v) is 6.59. The van der Waals surface area contributed by atoms with Crippen LogP contribution in [0, 0.1) is 6.92 Å². The average Bonchev–Trinajstić information content (AvgIpc) is 2.59. The van der Waals surface area contributed by atoms with Gasteiger partial charge in [-0.05, 0) is 39.3 Å². The molecule has 1 heterocycles. The quantitative estimate of drug-likeness (QED) is 0.812. The number of para-hydroxylation sites is 1. The van der Waals surface area contributed by atoms with Crippen LogP contribution in [0.5, 0.6) is 0 Å². The van der Waals surface area contributed by atoms with Crippen molar-refractivity contribution >= 4 is 22.7 Å². The Morgan fingerprint density at radius 3 is 2.69 bits per heavy atom. The maximum absolute atomic E-state index is 12.6. The molecule has 0 aliphatic heterocycles. The molecule has 140 valence electrons. The second-order valence-electron chi connectivity index (χ2n) is 6.59. The predicted molar refractivity (Wildman–Crippen MR) is 101 cm³/mol. The van der Waals surface area contributed by atoms with E-state index in [1.165, 1.54) is 15.8 Å². The Morgan fingerprint density at radius 2 is 2.04 bits per heavy atom. The standard InChI is InChI=1S/C19H26N4O3/c1-5-22(11-16(24)21-13(2)3)17(25)9-10-23-12-20-18-14(4)7-6-8-15(18)19(23)26/h6-8,12-13H,5,9-11H2,1-4H3,(H,21,24). The van der Waals surface area contributed by atoms with Gasteiger partial charge in [-0.1, -0.05) is 12.1 Å². The molecule has 0 aliphatic rings. The monoisotopic (exact) mass is 358 g/mol. The van der Waals surface area contributed by atoms with E-state index in [9.17, 15) is 14.4 Å². The number of carbonyl (C=O) groups excluding carboxylic acids is 2. The highest BCUT2D eigenvalue weighted by Gasteiger charge is 2.16. The summed E-state index contributed by atoms with van der Waals surface area (Å²) in [6, 6.07) is 5.50. The summed E-state index contributed by atoms with van der Waals surface area (Å²) in [5.41, 5.74) is 1.46. The van der Waals surface area contributed by atoms with Crippen LogP contribution in [0.25, 0.3) is 10.9 Å². The van der Waals surface area contributed by atoms with Gasteiger partial charge in [0.2, 0.25) is 11.8 Å². The van der Waals surface area contributed by atoms with Crippen LogP contribution in [0.1, 0.15) is 32.8 Å². The molecule has 26 heavy (non-hydrogen) atoms. The van der Waals surface area contributed by atoms with Gasteiger partial charge in [0.15, 0.2) is 0 Å². The van der Waals surface area contributed by atoms with Gasteiger partial charge in [-0.3, -0.25) is 19.0 Å². The van der Waals surface area contributed by atoms with Crippen LogP contribution in [-0.2, 0) is 16.1 Å². The van der Waals surface area contributed by atoms with E-state index < -0.39 is 0 Å². The van der Waals surface area contributed by atoms with E-state index in [-0.39, 0.29) is 42.9 Å². The molecule has 0 bridgehead atoms. The van der Waals surface area contributed by atoms with Crippen LogP contribution < -0.4 is 10.9 Å². The number of amides is 2. The van der Waals surface area contributed by atoms with Gasteiger partial charge in [0.1, 0.15) is 0 Å². The number of aromatic nitrogens is 2. The van der Waals surface area contributed by atoms with Crippen LogP contribution in [0.15, 0.2) is 29.3 Å². The molecule has 0 spiro atoms. The zero-order chi connectivity index (χ0) is 19.3. The number of nitrogens with zero attached hydrogens (tertiary/aromatic N) is 3. The van der Waals surface area contributed by atoms with Crippen molar-refractivity contribution in [3.8, 4) is 0 Å². The van der Waals surface area contributed by atoms with Crippen LogP contribution in [-0.4, -0.2) is 45.4 Å². The van der Waals surface area contributed by atoms with Crippen molar-refractivity contribution in [2.75, 3.05) is 13.1 Å². The van der Waals surface area contributed by atoms with Gasteiger partial charge in [-0.15, -0.1) is 0 Å². The smallest absolute Gasteiger partial charge is 0.261 e. The van der Waals surface area contributed by atoms with E-state index in [4.69, 9.17) is 0 Å². The number of carbonyl (C=O) groups is 2. The van der Waals surface area contributed by atoms with E-state index in [1.54, 1.807) is 6.07 Å². The molecular weight excluding hydrogens is 332 g/mol.